The van der Waals surface area contributed by atoms with Gasteiger partial charge in [0.2, 0.25) is 5.76 Å². The van der Waals surface area contributed by atoms with Crippen LogP contribution in [0.2, 0.25) is 0 Å². The number of carboxylic acid groups (broad SMARTS) is 1. The molecule has 0 bridgehead atoms. The number of rotatable bonds is 3. The SMILES string of the molecule is O=C(O)C1CSC(C2CC2)N1C(=O)C1=COCCO1. The number of thioether (sulfide) groups is 1. The minimum absolute atomic E-state index is 0.0416. The summed E-state index contributed by atoms with van der Waals surface area (Å²) in [4.78, 5) is 25.2. The van der Waals surface area contributed by atoms with E-state index in [1.54, 1.807) is 11.8 Å². The molecule has 3 aliphatic rings. The molecule has 19 heavy (non-hydrogen) atoms. The van der Waals surface area contributed by atoms with Gasteiger partial charge in [0.15, 0.2) is 0 Å². The van der Waals surface area contributed by atoms with Crippen molar-refractivity contribution in [3.05, 3.63) is 12.0 Å². The summed E-state index contributed by atoms with van der Waals surface area (Å²) >= 11 is 1.55. The van der Waals surface area contributed by atoms with Crippen molar-refractivity contribution in [3.8, 4) is 0 Å². The van der Waals surface area contributed by atoms with E-state index in [0.29, 0.717) is 24.9 Å². The van der Waals surface area contributed by atoms with Gasteiger partial charge in [0.1, 0.15) is 25.5 Å². The molecule has 1 saturated carbocycles. The summed E-state index contributed by atoms with van der Waals surface area (Å²) in [7, 11) is 0. The molecule has 3 rings (SSSR count). The Labute approximate surface area is 114 Å². The van der Waals surface area contributed by atoms with Crippen LogP contribution in [-0.2, 0) is 19.1 Å². The van der Waals surface area contributed by atoms with Crippen LogP contribution in [0.25, 0.3) is 0 Å². The zero-order valence-corrected chi connectivity index (χ0v) is 11.1. The van der Waals surface area contributed by atoms with E-state index < -0.39 is 12.0 Å². The fourth-order valence-corrected chi connectivity index (χ4v) is 3.96. The molecule has 0 aromatic rings. The van der Waals surface area contributed by atoms with Crippen molar-refractivity contribution < 1.29 is 24.2 Å². The number of carbonyl (C=O) groups is 2. The van der Waals surface area contributed by atoms with Gasteiger partial charge in [-0.1, -0.05) is 0 Å². The first kappa shape index (κ1) is 12.7. The number of carbonyl (C=O) groups excluding carboxylic acids is 1. The number of aliphatic carboxylic acids is 1. The summed E-state index contributed by atoms with van der Waals surface area (Å²) in [6.07, 6.45) is 3.41. The molecule has 1 amide bonds. The van der Waals surface area contributed by atoms with Crippen LogP contribution >= 0.6 is 11.8 Å². The molecule has 2 atom stereocenters. The van der Waals surface area contributed by atoms with Gasteiger partial charge in [-0.15, -0.1) is 11.8 Å². The van der Waals surface area contributed by atoms with Crippen molar-refractivity contribution in [1.82, 2.24) is 4.90 Å². The van der Waals surface area contributed by atoms with Gasteiger partial charge in [-0.3, -0.25) is 4.79 Å². The number of hydrogen-bond donors (Lipinski definition) is 1. The van der Waals surface area contributed by atoms with Crippen LogP contribution in [0.5, 0.6) is 0 Å². The standard InChI is InChI=1S/C12H15NO5S/c14-10(9-5-17-3-4-18-9)13-8(12(15)16)6-19-11(13)7-1-2-7/h5,7-8,11H,1-4,6H2,(H,15,16). The zero-order valence-electron chi connectivity index (χ0n) is 10.3. The van der Waals surface area contributed by atoms with E-state index in [1.807, 2.05) is 0 Å². The van der Waals surface area contributed by atoms with E-state index in [1.165, 1.54) is 11.2 Å². The molecule has 0 aromatic carbocycles. The fraction of sp³-hybridized carbons (Fsp3) is 0.667. The third-order valence-electron chi connectivity index (χ3n) is 3.44. The van der Waals surface area contributed by atoms with Crippen LogP contribution in [0.1, 0.15) is 12.8 Å². The largest absolute Gasteiger partial charge is 0.494 e. The van der Waals surface area contributed by atoms with Gasteiger partial charge in [-0.05, 0) is 18.8 Å². The molecule has 2 heterocycles. The molecule has 1 saturated heterocycles. The van der Waals surface area contributed by atoms with Gasteiger partial charge in [0.05, 0.1) is 5.37 Å². The van der Waals surface area contributed by atoms with Crippen molar-refractivity contribution >= 4 is 23.6 Å². The van der Waals surface area contributed by atoms with Crippen molar-refractivity contribution in [2.45, 2.75) is 24.3 Å². The second kappa shape index (κ2) is 4.96. The number of carboxylic acids is 1. The molecule has 0 radical (unpaired) electrons. The summed E-state index contributed by atoms with van der Waals surface area (Å²) in [6.45, 7) is 0.740. The first-order valence-corrected chi connectivity index (χ1v) is 7.35. The smallest absolute Gasteiger partial charge is 0.327 e. The van der Waals surface area contributed by atoms with Gasteiger partial charge >= 0.3 is 5.97 Å². The maximum Gasteiger partial charge on any atom is 0.327 e. The third-order valence-corrected chi connectivity index (χ3v) is 4.90. The number of hydrogen-bond acceptors (Lipinski definition) is 5. The predicted octanol–water partition coefficient (Wildman–Crippen LogP) is 0.639. The molecule has 7 heteroatoms. The molecule has 2 unspecified atom stereocenters. The molecule has 2 fully saturated rings. The summed E-state index contributed by atoms with van der Waals surface area (Å²) < 4.78 is 10.4. The molecule has 1 aliphatic carbocycles. The number of nitrogens with zero attached hydrogens (tertiary/aromatic N) is 1. The minimum Gasteiger partial charge on any atom is -0.494 e. The molecular formula is C12H15NO5S. The summed E-state index contributed by atoms with van der Waals surface area (Å²) in [5, 5.41) is 9.21. The average molecular weight is 285 g/mol. The summed E-state index contributed by atoms with van der Waals surface area (Å²) in [5.41, 5.74) is 0. The molecule has 6 nitrogen and oxygen atoms in total. The quantitative estimate of drug-likeness (QED) is 0.820. The second-order valence-corrected chi connectivity index (χ2v) is 5.98. The first-order valence-electron chi connectivity index (χ1n) is 6.30. The fourth-order valence-electron chi connectivity index (χ4n) is 2.33. The lowest BCUT2D eigenvalue weighted by molar-refractivity contribution is -0.149. The maximum absolute atomic E-state index is 12.4. The molecule has 104 valence electrons. The van der Waals surface area contributed by atoms with Crippen molar-refractivity contribution in [2.75, 3.05) is 19.0 Å². The van der Waals surface area contributed by atoms with Gasteiger partial charge < -0.3 is 19.5 Å². The van der Waals surface area contributed by atoms with Gasteiger partial charge in [-0.25, -0.2) is 4.79 Å². The Bertz CT molecular complexity index is 434. The van der Waals surface area contributed by atoms with E-state index in [4.69, 9.17) is 9.47 Å². The average Bonchev–Trinajstić information content (AvgIpc) is 3.17. The molecule has 2 aliphatic heterocycles. The summed E-state index contributed by atoms with van der Waals surface area (Å²) in [5.74, 6) is -0.347. The second-order valence-electron chi connectivity index (χ2n) is 4.83. The van der Waals surface area contributed by atoms with E-state index in [9.17, 15) is 14.7 Å². The van der Waals surface area contributed by atoms with Crippen LogP contribution in [-0.4, -0.2) is 52.3 Å². The molecule has 1 N–H and O–H groups in total. The van der Waals surface area contributed by atoms with E-state index >= 15 is 0 Å². The Balaban J connectivity index is 1.82. The monoisotopic (exact) mass is 285 g/mol. The highest BCUT2D eigenvalue weighted by molar-refractivity contribution is 8.00. The highest BCUT2D eigenvalue weighted by atomic mass is 32.2. The Hall–Kier alpha value is -1.37. The minimum atomic E-state index is -0.957. The number of ether oxygens (including phenoxy) is 2. The highest BCUT2D eigenvalue weighted by Gasteiger charge is 2.49. The molecule has 0 spiro atoms. The predicted molar refractivity (Wildman–Crippen MR) is 67.2 cm³/mol. The third kappa shape index (κ3) is 2.39. The maximum atomic E-state index is 12.4. The van der Waals surface area contributed by atoms with Gasteiger partial charge in [0, 0.05) is 5.75 Å². The number of amides is 1. The Morgan fingerprint density at radius 2 is 2.16 bits per heavy atom. The Morgan fingerprint density at radius 3 is 2.74 bits per heavy atom. The van der Waals surface area contributed by atoms with Crippen LogP contribution in [0.15, 0.2) is 12.0 Å². The molecular weight excluding hydrogens is 270 g/mol. The van der Waals surface area contributed by atoms with Gasteiger partial charge in [0.25, 0.3) is 5.91 Å². The normalized spacial score (nSPS) is 30.3. The molecule has 0 aromatic heterocycles. The van der Waals surface area contributed by atoms with Crippen molar-refractivity contribution in [3.63, 3.8) is 0 Å². The van der Waals surface area contributed by atoms with Gasteiger partial charge in [-0.2, -0.15) is 0 Å². The van der Waals surface area contributed by atoms with Crippen LogP contribution in [0.4, 0.5) is 0 Å². The van der Waals surface area contributed by atoms with E-state index in [-0.39, 0.29) is 17.0 Å². The first-order chi connectivity index (χ1) is 9.18. The van der Waals surface area contributed by atoms with Crippen molar-refractivity contribution in [2.24, 2.45) is 5.92 Å². The summed E-state index contributed by atoms with van der Waals surface area (Å²) in [6, 6.07) is -0.769. The van der Waals surface area contributed by atoms with E-state index in [2.05, 4.69) is 0 Å². The van der Waals surface area contributed by atoms with Crippen LogP contribution in [0, 0.1) is 5.92 Å². The Kier molecular flexibility index (Phi) is 3.30. The lowest BCUT2D eigenvalue weighted by Crippen LogP contribution is -2.47. The van der Waals surface area contributed by atoms with E-state index in [0.717, 1.165) is 12.8 Å². The Morgan fingerprint density at radius 1 is 1.37 bits per heavy atom. The van der Waals surface area contributed by atoms with Crippen LogP contribution in [0.3, 0.4) is 0 Å². The lowest BCUT2D eigenvalue weighted by Gasteiger charge is -2.28. The topological polar surface area (TPSA) is 76.1 Å². The van der Waals surface area contributed by atoms with Crippen LogP contribution < -0.4 is 0 Å². The van der Waals surface area contributed by atoms with Crippen molar-refractivity contribution in [1.29, 1.82) is 0 Å². The highest BCUT2D eigenvalue weighted by Crippen LogP contribution is 2.45. The lowest BCUT2D eigenvalue weighted by atomic mass is 10.2. The zero-order chi connectivity index (χ0) is 13.4.